The molecule has 18 heavy (non-hydrogen) atoms. The maximum absolute atomic E-state index is 5.87. The van der Waals surface area contributed by atoms with Crippen LogP contribution in [0.4, 0.5) is 0 Å². The minimum Gasteiger partial charge on any atom is -0.328 e. The second kappa shape index (κ2) is 5.21. The number of hydrogen-bond donors (Lipinski definition) is 1. The van der Waals surface area contributed by atoms with Crippen LogP contribution in [0.25, 0.3) is 10.6 Å². The third kappa shape index (κ3) is 2.79. The van der Waals surface area contributed by atoms with Gasteiger partial charge >= 0.3 is 0 Å². The number of rotatable bonds is 3. The standard InChI is InChI=1S/C15H20N2S/c1-9-5-6-13(10(2)7-9)15-17-12(4)14(18-15)8-11(3)16/h5-7,11H,8,16H2,1-4H3. The molecule has 1 aromatic carbocycles. The fourth-order valence-electron chi connectivity index (χ4n) is 2.08. The molecule has 0 aliphatic rings. The maximum atomic E-state index is 5.87. The first-order valence-electron chi connectivity index (χ1n) is 6.27. The Balaban J connectivity index is 2.39. The first-order chi connectivity index (χ1) is 8.47. The molecule has 0 spiro atoms. The van der Waals surface area contributed by atoms with E-state index < -0.39 is 0 Å². The number of thiazole rings is 1. The average molecular weight is 260 g/mol. The molecular formula is C15H20N2S. The molecule has 0 radical (unpaired) electrons. The topological polar surface area (TPSA) is 38.9 Å². The molecule has 1 aromatic heterocycles. The van der Waals surface area contributed by atoms with Gasteiger partial charge < -0.3 is 5.73 Å². The molecule has 3 heteroatoms. The number of hydrogen-bond acceptors (Lipinski definition) is 3. The fraction of sp³-hybridized carbons (Fsp3) is 0.400. The van der Waals surface area contributed by atoms with Gasteiger partial charge in [-0.05, 0) is 39.7 Å². The monoisotopic (exact) mass is 260 g/mol. The van der Waals surface area contributed by atoms with Crippen molar-refractivity contribution in [3.63, 3.8) is 0 Å². The number of aromatic nitrogens is 1. The van der Waals surface area contributed by atoms with Crippen LogP contribution in [0.5, 0.6) is 0 Å². The summed E-state index contributed by atoms with van der Waals surface area (Å²) < 4.78 is 0. The van der Waals surface area contributed by atoms with Gasteiger partial charge in [0.1, 0.15) is 5.01 Å². The van der Waals surface area contributed by atoms with E-state index in [0.717, 1.165) is 17.1 Å². The summed E-state index contributed by atoms with van der Waals surface area (Å²) in [5.74, 6) is 0. The molecule has 2 nitrogen and oxygen atoms in total. The third-order valence-corrected chi connectivity index (χ3v) is 4.23. The second-order valence-corrected chi connectivity index (χ2v) is 6.11. The van der Waals surface area contributed by atoms with Crippen LogP contribution in [0, 0.1) is 20.8 Å². The summed E-state index contributed by atoms with van der Waals surface area (Å²) in [5, 5.41) is 1.11. The molecule has 0 amide bonds. The maximum Gasteiger partial charge on any atom is 0.124 e. The highest BCUT2D eigenvalue weighted by atomic mass is 32.1. The van der Waals surface area contributed by atoms with Gasteiger partial charge in [-0.15, -0.1) is 11.3 Å². The van der Waals surface area contributed by atoms with Gasteiger partial charge in [0, 0.05) is 16.5 Å². The van der Waals surface area contributed by atoms with E-state index in [2.05, 4.69) is 44.0 Å². The first kappa shape index (κ1) is 13.2. The van der Waals surface area contributed by atoms with Gasteiger partial charge in [-0.2, -0.15) is 0 Å². The normalized spacial score (nSPS) is 12.7. The Morgan fingerprint density at radius 3 is 2.61 bits per heavy atom. The van der Waals surface area contributed by atoms with Gasteiger partial charge in [-0.1, -0.05) is 23.8 Å². The molecule has 0 aliphatic heterocycles. The summed E-state index contributed by atoms with van der Waals surface area (Å²) in [6.07, 6.45) is 0.911. The van der Waals surface area contributed by atoms with Gasteiger partial charge in [0.25, 0.3) is 0 Å². The van der Waals surface area contributed by atoms with E-state index in [4.69, 9.17) is 5.73 Å². The van der Waals surface area contributed by atoms with Gasteiger partial charge in [0.2, 0.25) is 0 Å². The number of aryl methyl sites for hydroxylation is 3. The van der Waals surface area contributed by atoms with Crippen molar-refractivity contribution >= 4 is 11.3 Å². The summed E-state index contributed by atoms with van der Waals surface area (Å²) in [5.41, 5.74) is 10.8. The fourth-order valence-corrected chi connectivity index (χ4v) is 3.37. The summed E-state index contributed by atoms with van der Waals surface area (Å²) >= 11 is 1.77. The van der Waals surface area contributed by atoms with Crippen molar-refractivity contribution in [3.05, 3.63) is 39.9 Å². The Morgan fingerprint density at radius 1 is 1.28 bits per heavy atom. The summed E-state index contributed by atoms with van der Waals surface area (Å²) in [6, 6.07) is 6.70. The molecule has 0 bridgehead atoms. The van der Waals surface area contributed by atoms with Crippen molar-refractivity contribution in [2.24, 2.45) is 5.73 Å². The second-order valence-electron chi connectivity index (χ2n) is 5.03. The van der Waals surface area contributed by atoms with E-state index in [-0.39, 0.29) is 6.04 Å². The Bertz CT molecular complexity index is 556. The van der Waals surface area contributed by atoms with Gasteiger partial charge in [0.05, 0.1) is 5.69 Å². The van der Waals surface area contributed by atoms with Gasteiger partial charge in [-0.25, -0.2) is 4.98 Å². The zero-order valence-electron chi connectivity index (χ0n) is 11.4. The Morgan fingerprint density at radius 2 is 2.00 bits per heavy atom. The molecule has 2 N–H and O–H groups in total. The zero-order chi connectivity index (χ0) is 13.3. The van der Waals surface area contributed by atoms with E-state index in [0.29, 0.717) is 0 Å². The lowest BCUT2D eigenvalue weighted by Gasteiger charge is -2.03. The van der Waals surface area contributed by atoms with E-state index in [9.17, 15) is 0 Å². The van der Waals surface area contributed by atoms with E-state index in [1.807, 2.05) is 6.92 Å². The lowest BCUT2D eigenvalue weighted by Crippen LogP contribution is -2.17. The molecule has 2 rings (SSSR count). The Labute approximate surface area is 113 Å². The highest BCUT2D eigenvalue weighted by Crippen LogP contribution is 2.31. The van der Waals surface area contributed by atoms with Crippen LogP contribution in [0.1, 0.15) is 28.6 Å². The lowest BCUT2D eigenvalue weighted by molar-refractivity contribution is 0.742. The van der Waals surface area contributed by atoms with E-state index in [1.54, 1.807) is 11.3 Å². The predicted octanol–water partition coefficient (Wildman–Crippen LogP) is 3.63. The van der Waals surface area contributed by atoms with E-state index >= 15 is 0 Å². The average Bonchev–Trinajstić information content (AvgIpc) is 2.59. The highest BCUT2D eigenvalue weighted by Gasteiger charge is 2.12. The van der Waals surface area contributed by atoms with Crippen molar-refractivity contribution < 1.29 is 0 Å². The molecule has 1 atom stereocenters. The van der Waals surface area contributed by atoms with Crippen molar-refractivity contribution in [1.82, 2.24) is 4.98 Å². The van der Waals surface area contributed by atoms with Crippen LogP contribution in [-0.2, 0) is 6.42 Å². The minimum absolute atomic E-state index is 0.191. The first-order valence-corrected chi connectivity index (χ1v) is 7.08. The van der Waals surface area contributed by atoms with Crippen molar-refractivity contribution in [2.45, 2.75) is 40.2 Å². The Kier molecular flexibility index (Phi) is 3.83. The third-order valence-electron chi connectivity index (χ3n) is 3.01. The minimum atomic E-state index is 0.191. The molecule has 0 aliphatic carbocycles. The van der Waals surface area contributed by atoms with Crippen LogP contribution < -0.4 is 5.73 Å². The van der Waals surface area contributed by atoms with Gasteiger partial charge in [-0.3, -0.25) is 0 Å². The molecule has 0 saturated carbocycles. The number of benzene rings is 1. The van der Waals surface area contributed by atoms with Crippen molar-refractivity contribution in [2.75, 3.05) is 0 Å². The molecule has 0 saturated heterocycles. The quantitative estimate of drug-likeness (QED) is 0.915. The predicted molar refractivity (Wildman–Crippen MR) is 79.1 cm³/mol. The van der Waals surface area contributed by atoms with E-state index in [1.165, 1.54) is 21.6 Å². The van der Waals surface area contributed by atoms with Crippen molar-refractivity contribution in [3.8, 4) is 10.6 Å². The molecule has 2 aromatic rings. The largest absolute Gasteiger partial charge is 0.328 e. The van der Waals surface area contributed by atoms with Crippen LogP contribution in [0.15, 0.2) is 18.2 Å². The van der Waals surface area contributed by atoms with Crippen LogP contribution in [0.2, 0.25) is 0 Å². The van der Waals surface area contributed by atoms with Crippen molar-refractivity contribution in [1.29, 1.82) is 0 Å². The van der Waals surface area contributed by atoms with Gasteiger partial charge in [0.15, 0.2) is 0 Å². The summed E-state index contributed by atoms with van der Waals surface area (Å²) in [7, 11) is 0. The summed E-state index contributed by atoms with van der Waals surface area (Å²) in [6.45, 7) is 8.37. The molecule has 96 valence electrons. The SMILES string of the molecule is Cc1ccc(-c2nc(C)c(CC(C)N)s2)c(C)c1. The molecule has 1 heterocycles. The number of nitrogens with two attached hydrogens (primary N) is 1. The smallest absolute Gasteiger partial charge is 0.124 e. The summed E-state index contributed by atoms with van der Waals surface area (Å²) in [4.78, 5) is 5.99. The number of nitrogens with zero attached hydrogens (tertiary/aromatic N) is 1. The molecule has 1 unspecified atom stereocenters. The van der Waals surface area contributed by atoms with Crippen LogP contribution in [0.3, 0.4) is 0 Å². The zero-order valence-corrected chi connectivity index (χ0v) is 12.3. The molecular weight excluding hydrogens is 240 g/mol. The highest BCUT2D eigenvalue weighted by molar-refractivity contribution is 7.15. The molecule has 0 fully saturated rings. The van der Waals surface area contributed by atoms with Crippen LogP contribution >= 0.6 is 11.3 Å². The van der Waals surface area contributed by atoms with Crippen LogP contribution in [-0.4, -0.2) is 11.0 Å². The lowest BCUT2D eigenvalue weighted by atomic mass is 10.1. The Hall–Kier alpha value is -1.19.